The molecule has 0 aromatic rings. The van der Waals surface area contributed by atoms with Gasteiger partial charge in [-0.25, -0.2) is 0 Å². The first-order valence-electron chi connectivity index (χ1n) is 2.63. The van der Waals surface area contributed by atoms with Gasteiger partial charge < -0.3 is 15.9 Å². The zero-order chi connectivity index (χ0) is 7.28. The fraction of sp³-hybridized carbons (Fsp3) is 0.800. The second-order valence-corrected chi connectivity index (χ2v) is 1.72. The standard InChI is InChI=1S/C5H10NO3/c6-3-5(9)4(8)1-2-7/h4-5,8-9H,1,3,6H2. The summed E-state index contributed by atoms with van der Waals surface area (Å²) in [5, 5.41) is 17.4. The number of aliphatic hydroxyl groups excluding tert-OH is 2. The van der Waals surface area contributed by atoms with E-state index in [1.54, 1.807) is 0 Å². The van der Waals surface area contributed by atoms with Crippen LogP contribution >= 0.6 is 0 Å². The van der Waals surface area contributed by atoms with E-state index in [1.807, 2.05) is 0 Å². The molecule has 0 rings (SSSR count). The number of nitrogens with two attached hydrogens (primary N) is 1. The lowest BCUT2D eigenvalue weighted by molar-refractivity contribution is 0.0298. The van der Waals surface area contributed by atoms with Gasteiger partial charge in [-0.2, -0.15) is 0 Å². The van der Waals surface area contributed by atoms with Gasteiger partial charge in [-0.05, 0) is 0 Å². The molecule has 0 aliphatic rings. The van der Waals surface area contributed by atoms with E-state index in [9.17, 15) is 4.79 Å². The Bertz CT molecular complexity index is 86.3. The second-order valence-electron chi connectivity index (χ2n) is 1.72. The van der Waals surface area contributed by atoms with Crippen LogP contribution < -0.4 is 5.73 Å². The molecule has 0 amide bonds. The lowest BCUT2D eigenvalue weighted by atomic mass is 10.1. The third kappa shape index (κ3) is 3.18. The van der Waals surface area contributed by atoms with E-state index in [1.165, 1.54) is 6.29 Å². The Hall–Kier alpha value is -0.450. The van der Waals surface area contributed by atoms with Gasteiger partial charge in [0.1, 0.15) is 0 Å². The molecule has 0 aromatic heterocycles. The van der Waals surface area contributed by atoms with Gasteiger partial charge in [-0.3, -0.25) is 4.79 Å². The molecule has 1 radical (unpaired) electrons. The second kappa shape index (κ2) is 4.43. The lowest BCUT2D eigenvalue weighted by Gasteiger charge is -2.11. The molecule has 0 fully saturated rings. The molecule has 0 aliphatic heterocycles. The van der Waals surface area contributed by atoms with Crippen molar-refractivity contribution in [1.82, 2.24) is 0 Å². The molecular weight excluding hydrogens is 122 g/mol. The Morgan fingerprint density at radius 2 is 2.00 bits per heavy atom. The van der Waals surface area contributed by atoms with Gasteiger partial charge in [0.15, 0.2) is 0 Å². The van der Waals surface area contributed by atoms with Crippen LogP contribution in [0.25, 0.3) is 0 Å². The van der Waals surface area contributed by atoms with Gasteiger partial charge in [-0.15, -0.1) is 0 Å². The maximum absolute atomic E-state index is 9.60. The van der Waals surface area contributed by atoms with Crippen molar-refractivity contribution in [2.24, 2.45) is 5.73 Å². The molecule has 2 atom stereocenters. The van der Waals surface area contributed by atoms with Crippen LogP contribution in [0.3, 0.4) is 0 Å². The number of rotatable bonds is 4. The first kappa shape index (κ1) is 8.55. The summed E-state index contributed by atoms with van der Waals surface area (Å²) in [4.78, 5) is 9.60. The van der Waals surface area contributed by atoms with Gasteiger partial charge in [-0.1, -0.05) is 0 Å². The van der Waals surface area contributed by atoms with Crippen LogP contribution in [0.2, 0.25) is 0 Å². The highest BCUT2D eigenvalue weighted by Crippen LogP contribution is 1.93. The number of carbonyl (C=O) groups excluding carboxylic acids is 1. The van der Waals surface area contributed by atoms with Crippen molar-refractivity contribution in [2.45, 2.75) is 18.6 Å². The monoisotopic (exact) mass is 132 g/mol. The predicted octanol–water partition coefficient (Wildman–Crippen LogP) is -1.83. The van der Waals surface area contributed by atoms with Crippen molar-refractivity contribution >= 4 is 6.29 Å². The van der Waals surface area contributed by atoms with Gasteiger partial charge >= 0.3 is 0 Å². The average Bonchev–Trinajstić information content (AvgIpc) is 1.87. The van der Waals surface area contributed by atoms with E-state index in [0.29, 0.717) is 0 Å². The van der Waals surface area contributed by atoms with Crippen molar-refractivity contribution in [2.75, 3.05) is 6.54 Å². The van der Waals surface area contributed by atoms with Crippen molar-refractivity contribution in [1.29, 1.82) is 0 Å². The van der Waals surface area contributed by atoms with E-state index in [2.05, 4.69) is 0 Å². The summed E-state index contributed by atoms with van der Waals surface area (Å²) in [5.41, 5.74) is 4.96. The molecule has 0 aliphatic carbocycles. The summed E-state index contributed by atoms with van der Waals surface area (Å²) in [6.07, 6.45) is -0.785. The maximum Gasteiger partial charge on any atom is 0.201 e. The van der Waals surface area contributed by atoms with E-state index in [0.717, 1.165) is 0 Å². The molecule has 0 bridgehead atoms. The van der Waals surface area contributed by atoms with E-state index in [-0.39, 0.29) is 13.0 Å². The number of hydrogen-bond acceptors (Lipinski definition) is 4. The zero-order valence-electron chi connectivity index (χ0n) is 4.95. The number of hydrogen-bond donors (Lipinski definition) is 3. The van der Waals surface area contributed by atoms with E-state index >= 15 is 0 Å². The smallest absolute Gasteiger partial charge is 0.201 e. The van der Waals surface area contributed by atoms with Gasteiger partial charge in [0.25, 0.3) is 0 Å². The Morgan fingerprint density at radius 3 is 2.33 bits per heavy atom. The first-order valence-corrected chi connectivity index (χ1v) is 2.63. The van der Waals surface area contributed by atoms with E-state index < -0.39 is 12.2 Å². The fourth-order valence-corrected chi connectivity index (χ4v) is 0.379. The average molecular weight is 132 g/mol. The predicted molar refractivity (Wildman–Crippen MR) is 31.4 cm³/mol. The first-order chi connectivity index (χ1) is 4.22. The molecule has 53 valence electrons. The Kier molecular flexibility index (Phi) is 4.21. The molecule has 2 unspecified atom stereocenters. The minimum absolute atomic E-state index is 0.0388. The van der Waals surface area contributed by atoms with Crippen LogP contribution in [0, 0.1) is 0 Å². The van der Waals surface area contributed by atoms with Crippen LogP contribution in [0.5, 0.6) is 0 Å². The van der Waals surface area contributed by atoms with Gasteiger partial charge in [0.2, 0.25) is 6.29 Å². The van der Waals surface area contributed by atoms with Crippen LogP contribution in [0.4, 0.5) is 0 Å². The summed E-state index contributed by atoms with van der Waals surface area (Å²) in [6, 6.07) is 0. The van der Waals surface area contributed by atoms with Crippen LogP contribution in [0.15, 0.2) is 0 Å². The molecule has 4 N–H and O–H groups in total. The van der Waals surface area contributed by atoms with Crippen molar-refractivity contribution in [3.05, 3.63) is 0 Å². The minimum Gasteiger partial charge on any atom is -0.390 e. The maximum atomic E-state index is 9.60. The van der Waals surface area contributed by atoms with Crippen molar-refractivity contribution in [3.8, 4) is 0 Å². The molecular formula is C5H10NO3. The Labute approximate surface area is 53.3 Å². The molecule has 0 saturated carbocycles. The highest BCUT2D eigenvalue weighted by Gasteiger charge is 2.12. The largest absolute Gasteiger partial charge is 0.390 e. The Morgan fingerprint density at radius 1 is 1.44 bits per heavy atom. The van der Waals surface area contributed by atoms with Crippen LogP contribution in [0.1, 0.15) is 6.42 Å². The Balaban J connectivity index is 3.44. The third-order valence-electron chi connectivity index (χ3n) is 0.978. The molecule has 0 heterocycles. The summed E-state index contributed by atoms with van der Waals surface area (Å²) in [7, 11) is 0. The summed E-state index contributed by atoms with van der Waals surface area (Å²) in [6.45, 7) is -0.0388. The summed E-state index contributed by atoms with van der Waals surface area (Å²) < 4.78 is 0. The molecule has 0 saturated heterocycles. The topological polar surface area (TPSA) is 83.6 Å². The molecule has 0 aromatic carbocycles. The van der Waals surface area contributed by atoms with Crippen molar-refractivity contribution in [3.63, 3.8) is 0 Å². The minimum atomic E-state index is -1.06. The van der Waals surface area contributed by atoms with Gasteiger partial charge in [0.05, 0.1) is 12.2 Å². The van der Waals surface area contributed by atoms with Crippen LogP contribution in [-0.4, -0.2) is 35.3 Å². The highest BCUT2D eigenvalue weighted by molar-refractivity contribution is 5.51. The summed E-state index contributed by atoms with van der Waals surface area (Å²) in [5.74, 6) is 0. The molecule has 4 heteroatoms. The molecule has 9 heavy (non-hydrogen) atoms. The third-order valence-corrected chi connectivity index (χ3v) is 0.978. The van der Waals surface area contributed by atoms with E-state index in [4.69, 9.17) is 15.9 Å². The quantitative estimate of drug-likeness (QED) is 0.420. The highest BCUT2D eigenvalue weighted by atomic mass is 16.3. The van der Waals surface area contributed by atoms with Crippen LogP contribution in [-0.2, 0) is 4.79 Å². The molecule has 0 spiro atoms. The normalized spacial score (nSPS) is 16.8. The van der Waals surface area contributed by atoms with Crippen molar-refractivity contribution < 1.29 is 15.0 Å². The fourth-order valence-electron chi connectivity index (χ4n) is 0.379. The lowest BCUT2D eigenvalue weighted by Crippen LogP contribution is -2.33. The number of aliphatic hydroxyl groups is 2. The molecule has 4 nitrogen and oxygen atoms in total. The van der Waals surface area contributed by atoms with Gasteiger partial charge in [0, 0.05) is 13.0 Å². The summed E-state index contributed by atoms with van der Waals surface area (Å²) >= 11 is 0. The zero-order valence-corrected chi connectivity index (χ0v) is 4.95. The SMILES string of the molecule is NCC(O)C(O)C[C]=O.